The second-order valence-corrected chi connectivity index (χ2v) is 7.30. The van der Waals surface area contributed by atoms with Gasteiger partial charge in [0.15, 0.2) is 0 Å². The molecule has 2 N–H and O–H groups in total. The highest BCUT2D eigenvalue weighted by molar-refractivity contribution is 7.89. The normalized spacial score (nSPS) is 16.3. The van der Waals surface area contributed by atoms with Crippen LogP contribution in [0.1, 0.15) is 32.1 Å². The molecule has 0 bridgehead atoms. The molecule has 1 aliphatic carbocycles. The Balaban J connectivity index is 2.40. The van der Waals surface area contributed by atoms with Crippen molar-refractivity contribution in [2.75, 3.05) is 7.11 Å². The highest BCUT2D eigenvalue weighted by Crippen LogP contribution is 2.29. The predicted molar refractivity (Wildman–Crippen MR) is 82.1 cm³/mol. The molecule has 128 valence electrons. The molecule has 0 aliphatic heterocycles. The Hall–Kier alpha value is -1.64. The number of nitrogens with zero attached hydrogens (tertiary/aromatic N) is 1. The van der Waals surface area contributed by atoms with Crippen molar-refractivity contribution >= 4 is 15.9 Å². The highest BCUT2D eigenvalue weighted by Gasteiger charge is 2.38. The Labute approximate surface area is 135 Å². The van der Waals surface area contributed by atoms with Crippen LogP contribution in [-0.2, 0) is 14.8 Å². The van der Waals surface area contributed by atoms with Crippen molar-refractivity contribution < 1.29 is 28.2 Å². The SMILES string of the molecule is COc1ccc(S(=O)(=O)N(C(=O)C(O)O)C2CCCCC2)cc1. The van der Waals surface area contributed by atoms with Crippen LogP contribution in [0, 0.1) is 0 Å². The number of rotatable bonds is 5. The molecule has 1 aliphatic rings. The molecule has 23 heavy (non-hydrogen) atoms. The summed E-state index contributed by atoms with van der Waals surface area (Å²) in [5.41, 5.74) is 0. The number of benzene rings is 1. The maximum absolute atomic E-state index is 12.8. The number of carbonyl (C=O) groups excluding carboxylic acids is 1. The molecule has 0 atom stereocenters. The summed E-state index contributed by atoms with van der Waals surface area (Å²) in [6.07, 6.45) is 1.26. The Morgan fingerprint density at radius 2 is 1.74 bits per heavy atom. The molecule has 8 heteroatoms. The van der Waals surface area contributed by atoms with Crippen molar-refractivity contribution in [3.05, 3.63) is 24.3 Å². The van der Waals surface area contributed by atoms with E-state index in [0.29, 0.717) is 22.9 Å². The summed E-state index contributed by atoms with van der Waals surface area (Å²) < 4.78 is 31.3. The summed E-state index contributed by atoms with van der Waals surface area (Å²) in [6.45, 7) is 0. The molecule has 0 spiro atoms. The van der Waals surface area contributed by atoms with Crippen LogP contribution in [-0.4, -0.2) is 48.3 Å². The van der Waals surface area contributed by atoms with E-state index < -0.39 is 28.3 Å². The van der Waals surface area contributed by atoms with Gasteiger partial charge in [-0.3, -0.25) is 4.79 Å². The standard InChI is InChI=1S/C15H21NO6S/c1-22-12-7-9-13(10-8-12)23(20,21)16(14(17)15(18)19)11-5-3-2-4-6-11/h7-11,15,18-19H,2-6H2,1H3. The second-order valence-electron chi connectivity index (χ2n) is 5.48. The van der Waals surface area contributed by atoms with Gasteiger partial charge in [0.1, 0.15) is 5.75 Å². The van der Waals surface area contributed by atoms with E-state index in [1.54, 1.807) is 0 Å². The van der Waals surface area contributed by atoms with Crippen molar-refractivity contribution in [1.82, 2.24) is 4.31 Å². The van der Waals surface area contributed by atoms with Gasteiger partial charge in [-0.25, -0.2) is 12.7 Å². The van der Waals surface area contributed by atoms with Gasteiger partial charge in [-0.1, -0.05) is 19.3 Å². The third-order valence-corrected chi connectivity index (χ3v) is 5.82. The molecule has 0 heterocycles. The lowest BCUT2D eigenvalue weighted by Crippen LogP contribution is -2.49. The number of hydrogen-bond acceptors (Lipinski definition) is 6. The molecule has 1 aromatic carbocycles. The van der Waals surface area contributed by atoms with E-state index in [9.17, 15) is 23.4 Å². The van der Waals surface area contributed by atoms with Gasteiger partial charge in [-0.15, -0.1) is 0 Å². The van der Waals surface area contributed by atoms with Gasteiger partial charge in [0, 0.05) is 6.04 Å². The number of aliphatic hydroxyl groups excluding tert-OH is 1. The second kappa shape index (κ2) is 7.29. The van der Waals surface area contributed by atoms with Crippen molar-refractivity contribution in [2.24, 2.45) is 0 Å². The molecule has 1 fully saturated rings. The van der Waals surface area contributed by atoms with E-state index in [-0.39, 0.29) is 4.90 Å². The molecule has 1 amide bonds. The minimum atomic E-state index is -4.16. The van der Waals surface area contributed by atoms with Gasteiger partial charge in [-0.2, -0.15) is 0 Å². The smallest absolute Gasteiger partial charge is 0.293 e. The van der Waals surface area contributed by atoms with E-state index in [1.807, 2.05) is 0 Å². The van der Waals surface area contributed by atoms with Crippen molar-refractivity contribution in [2.45, 2.75) is 49.3 Å². The molecule has 0 unspecified atom stereocenters. The van der Waals surface area contributed by atoms with Crippen LogP contribution in [0.25, 0.3) is 0 Å². The molecule has 2 rings (SSSR count). The number of sulfonamides is 1. The molecule has 0 aromatic heterocycles. The summed E-state index contributed by atoms with van der Waals surface area (Å²) in [7, 11) is -2.70. The fraction of sp³-hybridized carbons (Fsp3) is 0.533. The summed E-state index contributed by atoms with van der Waals surface area (Å²) in [6, 6.07) is 5.07. The van der Waals surface area contributed by atoms with Gasteiger partial charge < -0.3 is 14.9 Å². The molecular formula is C15H21NO6S. The van der Waals surface area contributed by atoms with Gasteiger partial charge >= 0.3 is 0 Å². The van der Waals surface area contributed by atoms with E-state index >= 15 is 0 Å². The number of methoxy groups -OCH3 is 1. The number of carbonyl (C=O) groups is 1. The maximum atomic E-state index is 12.8. The Kier molecular flexibility index (Phi) is 5.61. The highest BCUT2D eigenvalue weighted by atomic mass is 32.2. The van der Waals surface area contributed by atoms with Crippen molar-refractivity contribution in [3.8, 4) is 5.75 Å². The summed E-state index contributed by atoms with van der Waals surface area (Å²) in [5.74, 6) is -0.727. The van der Waals surface area contributed by atoms with Gasteiger partial charge in [-0.05, 0) is 37.1 Å². The molecule has 1 saturated carbocycles. The Bertz CT molecular complexity index is 634. The largest absolute Gasteiger partial charge is 0.497 e. The number of hydrogen-bond donors (Lipinski definition) is 2. The van der Waals surface area contributed by atoms with Crippen LogP contribution in [0.15, 0.2) is 29.2 Å². The van der Waals surface area contributed by atoms with E-state index in [0.717, 1.165) is 19.3 Å². The van der Waals surface area contributed by atoms with Crippen molar-refractivity contribution in [1.29, 1.82) is 0 Å². The topological polar surface area (TPSA) is 104 Å². The number of ether oxygens (including phenoxy) is 1. The first-order valence-electron chi connectivity index (χ1n) is 7.46. The van der Waals surface area contributed by atoms with Gasteiger partial charge in [0.2, 0.25) is 6.29 Å². The van der Waals surface area contributed by atoms with Gasteiger partial charge in [0.25, 0.3) is 15.9 Å². The maximum Gasteiger partial charge on any atom is 0.293 e. The minimum absolute atomic E-state index is 0.0853. The average Bonchev–Trinajstić information content (AvgIpc) is 2.55. The van der Waals surface area contributed by atoms with Crippen LogP contribution in [0.4, 0.5) is 0 Å². The third kappa shape index (κ3) is 3.82. The Morgan fingerprint density at radius 3 is 2.22 bits per heavy atom. The lowest BCUT2D eigenvalue weighted by molar-refractivity contribution is -0.155. The first-order valence-corrected chi connectivity index (χ1v) is 8.90. The zero-order valence-electron chi connectivity index (χ0n) is 12.9. The number of aliphatic hydroxyl groups is 2. The summed E-state index contributed by atoms with van der Waals surface area (Å²) in [4.78, 5) is 12.0. The Morgan fingerprint density at radius 1 is 1.17 bits per heavy atom. The fourth-order valence-electron chi connectivity index (χ4n) is 2.79. The molecule has 1 aromatic rings. The third-order valence-electron chi connectivity index (χ3n) is 3.96. The fourth-order valence-corrected chi connectivity index (χ4v) is 4.43. The summed E-state index contributed by atoms with van der Waals surface area (Å²) in [5, 5.41) is 18.4. The van der Waals surface area contributed by atoms with E-state index in [1.165, 1.54) is 31.4 Å². The molecule has 7 nitrogen and oxygen atoms in total. The van der Waals surface area contributed by atoms with E-state index in [2.05, 4.69) is 0 Å². The predicted octanol–water partition coefficient (Wildman–Crippen LogP) is 0.856. The van der Waals surface area contributed by atoms with Crippen molar-refractivity contribution in [3.63, 3.8) is 0 Å². The molecule has 0 saturated heterocycles. The van der Waals surface area contributed by atoms with Crippen LogP contribution in [0.2, 0.25) is 0 Å². The zero-order valence-corrected chi connectivity index (χ0v) is 13.7. The lowest BCUT2D eigenvalue weighted by Gasteiger charge is -2.33. The zero-order chi connectivity index (χ0) is 17.0. The monoisotopic (exact) mass is 343 g/mol. The molecular weight excluding hydrogens is 322 g/mol. The first kappa shape index (κ1) is 17.7. The first-order chi connectivity index (χ1) is 10.9. The number of amides is 1. The van der Waals surface area contributed by atoms with Crippen LogP contribution < -0.4 is 4.74 Å². The average molecular weight is 343 g/mol. The minimum Gasteiger partial charge on any atom is -0.497 e. The summed E-state index contributed by atoms with van der Waals surface area (Å²) >= 11 is 0. The van der Waals surface area contributed by atoms with Gasteiger partial charge in [0.05, 0.1) is 12.0 Å². The molecule has 0 radical (unpaired) electrons. The van der Waals surface area contributed by atoms with Crippen LogP contribution >= 0.6 is 0 Å². The van der Waals surface area contributed by atoms with E-state index in [4.69, 9.17) is 4.74 Å². The van der Waals surface area contributed by atoms with Crippen LogP contribution in [0.3, 0.4) is 0 Å². The quantitative estimate of drug-likeness (QED) is 0.768. The van der Waals surface area contributed by atoms with Crippen LogP contribution in [0.5, 0.6) is 5.75 Å². The lowest BCUT2D eigenvalue weighted by atomic mass is 9.95.